The van der Waals surface area contributed by atoms with Gasteiger partial charge in [0.2, 0.25) is 6.79 Å². The highest BCUT2D eigenvalue weighted by atomic mass is 32.2. The Balaban J connectivity index is 1.45. The van der Waals surface area contributed by atoms with Gasteiger partial charge in [-0.3, -0.25) is 9.36 Å². The van der Waals surface area contributed by atoms with Crippen LogP contribution in [0.15, 0.2) is 82.7 Å². The van der Waals surface area contributed by atoms with Crippen molar-refractivity contribution in [3.63, 3.8) is 0 Å². The highest BCUT2D eigenvalue weighted by Gasteiger charge is 2.15. The van der Waals surface area contributed by atoms with E-state index >= 15 is 0 Å². The minimum Gasteiger partial charge on any atom is -0.454 e. The van der Waals surface area contributed by atoms with Crippen molar-refractivity contribution in [2.24, 2.45) is 0 Å². The van der Waals surface area contributed by atoms with Gasteiger partial charge in [0, 0.05) is 12.3 Å². The molecule has 2 heterocycles. The number of thioether (sulfide) groups is 1. The van der Waals surface area contributed by atoms with Crippen LogP contribution in [0.2, 0.25) is 0 Å². The fourth-order valence-electron chi connectivity index (χ4n) is 3.52. The molecule has 4 aromatic rings. The third-order valence-electron chi connectivity index (χ3n) is 5.10. The maximum Gasteiger partial charge on any atom is 0.262 e. The molecule has 3 aromatic carbocycles. The molecule has 1 aliphatic heterocycles. The fraction of sp³-hybridized carbons (Fsp3) is 0.167. The first-order valence-electron chi connectivity index (χ1n) is 9.83. The molecule has 1 aromatic heterocycles. The van der Waals surface area contributed by atoms with Crippen LogP contribution in [0.25, 0.3) is 10.9 Å². The van der Waals surface area contributed by atoms with Crippen LogP contribution in [0.3, 0.4) is 0 Å². The molecule has 0 atom stereocenters. The fourth-order valence-corrected chi connectivity index (χ4v) is 4.49. The highest BCUT2D eigenvalue weighted by molar-refractivity contribution is 7.98. The van der Waals surface area contributed by atoms with Crippen molar-refractivity contribution < 1.29 is 9.47 Å². The van der Waals surface area contributed by atoms with E-state index in [4.69, 9.17) is 14.5 Å². The molecule has 1 aliphatic rings. The summed E-state index contributed by atoms with van der Waals surface area (Å²) in [7, 11) is 0. The summed E-state index contributed by atoms with van der Waals surface area (Å²) in [5.74, 6) is 2.22. The van der Waals surface area contributed by atoms with E-state index in [-0.39, 0.29) is 12.4 Å². The normalized spacial score (nSPS) is 12.4. The molecule has 0 fully saturated rings. The molecule has 0 amide bonds. The number of ether oxygens (including phenoxy) is 2. The Hall–Kier alpha value is -3.25. The monoisotopic (exact) mass is 416 g/mol. The highest BCUT2D eigenvalue weighted by Crippen LogP contribution is 2.34. The van der Waals surface area contributed by atoms with E-state index in [2.05, 4.69) is 12.1 Å². The molecule has 5 nitrogen and oxygen atoms in total. The first-order valence-corrected chi connectivity index (χ1v) is 10.8. The number of rotatable bonds is 6. The molecule has 0 radical (unpaired) electrons. The first-order chi connectivity index (χ1) is 14.8. The maximum atomic E-state index is 13.2. The van der Waals surface area contributed by atoms with Gasteiger partial charge < -0.3 is 9.47 Å². The quantitative estimate of drug-likeness (QED) is 0.338. The van der Waals surface area contributed by atoms with Gasteiger partial charge in [0.1, 0.15) is 0 Å². The van der Waals surface area contributed by atoms with Gasteiger partial charge in [0.25, 0.3) is 5.56 Å². The average Bonchev–Trinajstić information content (AvgIpc) is 3.26. The van der Waals surface area contributed by atoms with E-state index in [9.17, 15) is 4.79 Å². The van der Waals surface area contributed by atoms with E-state index in [0.29, 0.717) is 17.7 Å². The first kappa shape index (κ1) is 18.8. The van der Waals surface area contributed by atoms with Crippen LogP contribution in [0.1, 0.15) is 11.1 Å². The maximum absolute atomic E-state index is 13.2. The lowest BCUT2D eigenvalue weighted by molar-refractivity contribution is 0.174. The van der Waals surface area contributed by atoms with Crippen LogP contribution < -0.4 is 15.0 Å². The summed E-state index contributed by atoms with van der Waals surface area (Å²) in [6.07, 6.45) is 0.776. The summed E-state index contributed by atoms with van der Waals surface area (Å²) in [5, 5.41) is 1.38. The molecule has 150 valence electrons. The van der Waals surface area contributed by atoms with E-state index in [1.165, 1.54) is 5.56 Å². The molecule has 0 bridgehead atoms. The Labute approximate surface area is 178 Å². The Bertz CT molecular complexity index is 1250. The van der Waals surface area contributed by atoms with Crippen LogP contribution in [0.5, 0.6) is 11.5 Å². The molecular weight excluding hydrogens is 396 g/mol. The molecule has 5 rings (SSSR count). The zero-order valence-electron chi connectivity index (χ0n) is 16.3. The van der Waals surface area contributed by atoms with Crippen LogP contribution in [-0.4, -0.2) is 16.3 Å². The van der Waals surface area contributed by atoms with Crippen molar-refractivity contribution in [2.75, 3.05) is 6.79 Å². The average molecular weight is 417 g/mol. The molecule has 0 unspecified atom stereocenters. The summed E-state index contributed by atoms with van der Waals surface area (Å²) >= 11 is 1.57. The smallest absolute Gasteiger partial charge is 0.262 e. The summed E-state index contributed by atoms with van der Waals surface area (Å²) in [6, 6.07) is 23.7. The lowest BCUT2D eigenvalue weighted by Gasteiger charge is -2.13. The lowest BCUT2D eigenvalue weighted by Crippen LogP contribution is -2.24. The molecule has 0 aliphatic carbocycles. The number of hydrogen-bond acceptors (Lipinski definition) is 5. The second kappa shape index (κ2) is 8.24. The van der Waals surface area contributed by atoms with Crippen molar-refractivity contribution in [3.8, 4) is 11.5 Å². The van der Waals surface area contributed by atoms with Gasteiger partial charge >= 0.3 is 0 Å². The molecule has 0 spiro atoms. The second-order valence-electron chi connectivity index (χ2n) is 7.08. The predicted molar refractivity (Wildman–Crippen MR) is 118 cm³/mol. The van der Waals surface area contributed by atoms with Crippen molar-refractivity contribution in [2.45, 2.75) is 23.9 Å². The van der Waals surface area contributed by atoms with Crippen molar-refractivity contribution in [3.05, 3.63) is 94.3 Å². The van der Waals surface area contributed by atoms with Gasteiger partial charge in [0.05, 0.1) is 10.9 Å². The largest absolute Gasteiger partial charge is 0.454 e. The number of para-hydroxylation sites is 1. The second-order valence-corrected chi connectivity index (χ2v) is 8.02. The Morgan fingerprint density at radius 2 is 1.70 bits per heavy atom. The predicted octanol–water partition coefficient (Wildman–Crippen LogP) is 4.66. The third-order valence-corrected chi connectivity index (χ3v) is 6.15. The van der Waals surface area contributed by atoms with E-state index in [1.54, 1.807) is 16.3 Å². The van der Waals surface area contributed by atoms with Gasteiger partial charge in [-0.15, -0.1) is 0 Å². The van der Waals surface area contributed by atoms with Crippen LogP contribution in [0, 0.1) is 0 Å². The van der Waals surface area contributed by atoms with Gasteiger partial charge in [-0.2, -0.15) is 0 Å². The number of aromatic nitrogens is 2. The minimum atomic E-state index is 0.00437. The number of benzene rings is 3. The third kappa shape index (κ3) is 3.78. The van der Waals surface area contributed by atoms with Gasteiger partial charge in [0.15, 0.2) is 16.7 Å². The van der Waals surface area contributed by atoms with E-state index in [1.807, 2.05) is 60.7 Å². The number of fused-ring (bicyclic) bond motifs is 2. The molecule has 30 heavy (non-hydrogen) atoms. The molecule has 0 N–H and O–H groups in total. The zero-order chi connectivity index (χ0) is 20.3. The summed E-state index contributed by atoms with van der Waals surface area (Å²) in [4.78, 5) is 18.0. The summed E-state index contributed by atoms with van der Waals surface area (Å²) in [6.45, 7) is 0.849. The Morgan fingerprint density at radius 1 is 0.900 bits per heavy atom. The lowest BCUT2D eigenvalue weighted by atomic mass is 10.1. The van der Waals surface area contributed by atoms with Crippen LogP contribution >= 0.6 is 11.8 Å². The van der Waals surface area contributed by atoms with E-state index < -0.39 is 0 Å². The standard InChI is InChI=1S/C24H20N2O3S/c27-23-19-8-4-5-9-20(19)25-24(26(23)13-12-17-6-2-1-3-7-17)30-15-18-10-11-21-22(14-18)29-16-28-21/h1-11,14H,12-13,15-16H2. The Kier molecular flexibility index (Phi) is 5.15. The van der Waals surface area contributed by atoms with Crippen LogP contribution in [-0.2, 0) is 18.7 Å². The topological polar surface area (TPSA) is 53.4 Å². The SMILES string of the molecule is O=c1c2ccccc2nc(SCc2ccc3c(c2)OCO3)n1CCc1ccccc1. The number of nitrogens with zero attached hydrogens (tertiary/aromatic N) is 2. The summed E-state index contributed by atoms with van der Waals surface area (Å²) in [5.41, 5.74) is 3.03. The molecule has 0 saturated carbocycles. The number of hydrogen-bond donors (Lipinski definition) is 0. The van der Waals surface area contributed by atoms with Crippen molar-refractivity contribution in [1.82, 2.24) is 9.55 Å². The summed E-state index contributed by atoms with van der Waals surface area (Å²) < 4.78 is 12.7. The zero-order valence-corrected chi connectivity index (χ0v) is 17.1. The van der Waals surface area contributed by atoms with Crippen molar-refractivity contribution in [1.29, 1.82) is 0 Å². The minimum absolute atomic E-state index is 0.00437. The van der Waals surface area contributed by atoms with Gasteiger partial charge in [-0.1, -0.05) is 60.3 Å². The van der Waals surface area contributed by atoms with Gasteiger partial charge in [-0.05, 0) is 41.8 Å². The van der Waals surface area contributed by atoms with E-state index in [0.717, 1.165) is 34.2 Å². The Morgan fingerprint density at radius 3 is 2.60 bits per heavy atom. The van der Waals surface area contributed by atoms with Crippen molar-refractivity contribution >= 4 is 22.7 Å². The number of aryl methyl sites for hydroxylation is 1. The molecule has 0 saturated heterocycles. The molecule has 6 heteroatoms. The molecular formula is C24H20N2O3S. The van der Waals surface area contributed by atoms with Gasteiger partial charge in [-0.25, -0.2) is 4.98 Å². The van der Waals surface area contributed by atoms with Crippen LogP contribution in [0.4, 0.5) is 0 Å².